The first-order chi connectivity index (χ1) is 13.0. The fourth-order valence-electron chi connectivity index (χ4n) is 3.05. The van der Waals surface area contributed by atoms with E-state index in [4.69, 9.17) is 4.74 Å². The van der Waals surface area contributed by atoms with Crippen LogP contribution in [0.3, 0.4) is 0 Å². The Morgan fingerprint density at radius 2 is 1.52 bits per heavy atom. The third-order valence-electron chi connectivity index (χ3n) is 4.69. The monoisotopic (exact) mass is 366 g/mol. The summed E-state index contributed by atoms with van der Waals surface area (Å²) in [6.45, 7) is 6.44. The molecule has 0 unspecified atom stereocenters. The fraction of sp³-hybridized carbons (Fsp3) is 0.417. The Bertz CT molecular complexity index is 744. The van der Waals surface area contributed by atoms with E-state index < -0.39 is 11.9 Å². The van der Waals surface area contributed by atoms with Crippen LogP contribution in [0.5, 0.6) is 0 Å². The van der Waals surface area contributed by atoms with Gasteiger partial charge in [0.2, 0.25) is 0 Å². The molecule has 0 spiro atoms. The molecule has 0 aliphatic rings. The van der Waals surface area contributed by atoms with Crippen molar-refractivity contribution in [3.8, 4) is 0 Å². The van der Waals surface area contributed by atoms with Crippen molar-refractivity contribution in [3.63, 3.8) is 0 Å². The molecule has 3 heteroatoms. The normalized spacial score (nSPS) is 10.8. The summed E-state index contributed by atoms with van der Waals surface area (Å²) in [5.74, 6) is -0.425. The summed E-state index contributed by atoms with van der Waals surface area (Å²) in [4.78, 5) is 24.7. The van der Waals surface area contributed by atoms with Gasteiger partial charge in [-0.15, -0.1) is 0 Å². The Hall–Kier alpha value is -2.42. The van der Waals surface area contributed by atoms with Crippen LogP contribution >= 0.6 is 0 Å². The van der Waals surface area contributed by atoms with Crippen molar-refractivity contribution < 1.29 is 14.3 Å². The van der Waals surface area contributed by atoms with Crippen molar-refractivity contribution in [1.82, 2.24) is 0 Å². The predicted octanol–water partition coefficient (Wildman–Crippen LogP) is 6.14. The van der Waals surface area contributed by atoms with Crippen molar-refractivity contribution in [3.05, 3.63) is 70.8 Å². The minimum Gasteiger partial charge on any atom is -0.386 e. The number of carbonyl (C=O) groups is 2. The number of carbonyl (C=O) groups excluding carboxylic acids is 2. The number of hydrogen-bond acceptors (Lipinski definition) is 3. The van der Waals surface area contributed by atoms with Crippen LogP contribution in [0.1, 0.15) is 77.8 Å². The summed E-state index contributed by atoms with van der Waals surface area (Å²) in [5, 5.41) is 0. The molecule has 0 saturated carbocycles. The molecule has 0 radical (unpaired) electrons. The highest BCUT2D eigenvalue weighted by Gasteiger charge is 2.17. The third-order valence-corrected chi connectivity index (χ3v) is 4.69. The van der Waals surface area contributed by atoms with Gasteiger partial charge in [-0.3, -0.25) is 0 Å². The average Bonchev–Trinajstić information content (AvgIpc) is 2.65. The molecule has 0 amide bonds. The van der Waals surface area contributed by atoms with E-state index in [9.17, 15) is 9.59 Å². The summed E-state index contributed by atoms with van der Waals surface area (Å²) >= 11 is 0. The molecule has 144 valence electrons. The number of unbranched alkanes of at least 4 members (excludes halogenated alkanes) is 3. The Morgan fingerprint density at radius 1 is 0.852 bits per heavy atom. The number of ether oxygens (including phenoxy) is 1. The van der Waals surface area contributed by atoms with Crippen molar-refractivity contribution >= 4 is 11.9 Å². The second-order valence-corrected chi connectivity index (χ2v) is 7.55. The minimum atomic E-state index is -0.608. The predicted molar refractivity (Wildman–Crippen MR) is 109 cm³/mol. The van der Waals surface area contributed by atoms with Crippen LogP contribution in [0.15, 0.2) is 48.5 Å². The van der Waals surface area contributed by atoms with Gasteiger partial charge in [0.15, 0.2) is 0 Å². The van der Waals surface area contributed by atoms with Crippen LogP contribution in [0.2, 0.25) is 0 Å². The van der Waals surface area contributed by atoms with E-state index in [-0.39, 0.29) is 0 Å². The van der Waals surface area contributed by atoms with Gasteiger partial charge in [-0.2, -0.15) is 0 Å². The minimum absolute atomic E-state index is 0.386. The molecule has 2 aromatic carbocycles. The third kappa shape index (κ3) is 7.01. The first-order valence-corrected chi connectivity index (χ1v) is 9.88. The molecule has 2 rings (SSSR count). The van der Waals surface area contributed by atoms with Gasteiger partial charge in [-0.05, 0) is 49.4 Å². The van der Waals surface area contributed by atoms with Gasteiger partial charge in [0.25, 0.3) is 0 Å². The highest BCUT2D eigenvalue weighted by molar-refractivity contribution is 6.03. The highest BCUT2D eigenvalue weighted by atomic mass is 16.6. The molecule has 0 saturated heterocycles. The molecule has 0 heterocycles. The maximum Gasteiger partial charge on any atom is 0.346 e. The maximum atomic E-state index is 12.5. The molecule has 3 nitrogen and oxygen atoms in total. The number of rotatable bonds is 9. The zero-order valence-corrected chi connectivity index (χ0v) is 16.7. The number of benzene rings is 2. The van der Waals surface area contributed by atoms with Crippen LogP contribution in [0.25, 0.3) is 0 Å². The Balaban J connectivity index is 1.90. The summed E-state index contributed by atoms with van der Waals surface area (Å²) in [6, 6.07) is 14.4. The number of hydrogen-bond donors (Lipinski definition) is 0. The van der Waals surface area contributed by atoms with E-state index >= 15 is 0 Å². The zero-order valence-electron chi connectivity index (χ0n) is 16.7. The van der Waals surface area contributed by atoms with Gasteiger partial charge in [0.1, 0.15) is 0 Å². The van der Waals surface area contributed by atoms with Crippen LogP contribution in [-0.4, -0.2) is 11.9 Å². The van der Waals surface area contributed by atoms with Gasteiger partial charge in [-0.1, -0.05) is 75.4 Å². The second kappa shape index (κ2) is 10.7. The van der Waals surface area contributed by atoms with E-state index in [1.54, 1.807) is 24.3 Å². The summed E-state index contributed by atoms with van der Waals surface area (Å²) in [5.41, 5.74) is 2.87. The van der Waals surface area contributed by atoms with E-state index in [1.807, 2.05) is 31.2 Å². The highest BCUT2D eigenvalue weighted by Crippen LogP contribution is 2.17. The van der Waals surface area contributed by atoms with Crippen molar-refractivity contribution in [2.75, 3.05) is 0 Å². The van der Waals surface area contributed by atoms with Crippen molar-refractivity contribution in [2.24, 2.45) is 5.92 Å². The topological polar surface area (TPSA) is 43.4 Å². The smallest absolute Gasteiger partial charge is 0.346 e. The second-order valence-electron chi connectivity index (χ2n) is 7.55. The SMILES string of the molecule is Cc1ccc(C(=O)OC(=O)c2ccccc2CCCCCCC(C)C)cc1. The van der Waals surface area contributed by atoms with Crippen LogP contribution in [-0.2, 0) is 11.2 Å². The molecule has 0 aliphatic heterocycles. The van der Waals surface area contributed by atoms with E-state index in [2.05, 4.69) is 13.8 Å². The number of esters is 2. The standard InChI is InChI=1S/C24H30O3/c1-18(2)10-6-4-5-7-11-20-12-8-9-13-22(20)24(26)27-23(25)21-16-14-19(3)15-17-21/h8-9,12-18H,4-7,10-11H2,1-3H3. The Morgan fingerprint density at radius 3 is 2.22 bits per heavy atom. The molecular weight excluding hydrogens is 336 g/mol. The molecule has 0 N–H and O–H groups in total. The molecule has 27 heavy (non-hydrogen) atoms. The Kier molecular flexibility index (Phi) is 8.25. The van der Waals surface area contributed by atoms with E-state index in [0.717, 1.165) is 36.3 Å². The first-order valence-electron chi connectivity index (χ1n) is 9.88. The van der Waals surface area contributed by atoms with Gasteiger partial charge < -0.3 is 4.74 Å². The first kappa shape index (κ1) is 20.9. The Labute approximate surface area is 162 Å². The van der Waals surface area contributed by atoms with E-state index in [1.165, 1.54) is 19.3 Å². The largest absolute Gasteiger partial charge is 0.386 e. The number of aryl methyl sites for hydroxylation is 2. The van der Waals surface area contributed by atoms with Crippen LogP contribution < -0.4 is 0 Å². The lowest BCUT2D eigenvalue weighted by Gasteiger charge is -2.09. The maximum absolute atomic E-state index is 12.5. The summed E-state index contributed by atoms with van der Waals surface area (Å²) in [6.07, 6.45) is 6.76. The van der Waals surface area contributed by atoms with Crippen LogP contribution in [0.4, 0.5) is 0 Å². The average molecular weight is 367 g/mol. The molecule has 2 aromatic rings. The molecule has 0 aliphatic carbocycles. The molecule has 0 atom stereocenters. The van der Waals surface area contributed by atoms with Gasteiger partial charge in [0, 0.05) is 0 Å². The molecular formula is C24H30O3. The van der Waals surface area contributed by atoms with Crippen molar-refractivity contribution in [2.45, 2.75) is 59.3 Å². The molecule has 0 fully saturated rings. The van der Waals surface area contributed by atoms with Crippen LogP contribution in [0, 0.1) is 12.8 Å². The lowest BCUT2D eigenvalue weighted by molar-refractivity contribution is 0.0397. The van der Waals surface area contributed by atoms with Gasteiger partial charge in [0.05, 0.1) is 11.1 Å². The zero-order chi connectivity index (χ0) is 19.6. The quantitative estimate of drug-likeness (QED) is 0.304. The van der Waals surface area contributed by atoms with E-state index in [0.29, 0.717) is 11.1 Å². The van der Waals surface area contributed by atoms with Gasteiger partial charge in [-0.25, -0.2) is 9.59 Å². The van der Waals surface area contributed by atoms with Gasteiger partial charge >= 0.3 is 11.9 Å². The fourth-order valence-corrected chi connectivity index (χ4v) is 3.05. The molecule has 0 bridgehead atoms. The molecule has 0 aromatic heterocycles. The van der Waals surface area contributed by atoms with Crippen molar-refractivity contribution in [1.29, 1.82) is 0 Å². The lowest BCUT2D eigenvalue weighted by Crippen LogP contribution is -2.14. The summed E-state index contributed by atoms with van der Waals surface area (Å²) < 4.78 is 5.10. The summed E-state index contributed by atoms with van der Waals surface area (Å²) in [7, 11) is 0. The lowest BCUT2D eigenvalue weighted by atomic mass is 9.99.